The maximum absolute atomic E-state index is 7.52. The van der Waals surface area contributed by atoms with Crippen molar-refractivity contribution in [2.24, 2.45) is 11.1 Å². The first kappa shape index (κ1) is 11.5. The van der Waals surface area contributed by atoms with E-state index >= 15 is 0 Å². The molecule has 0 bridgehead atoms. The van der Waals surface area contributed by atoms with Gasteiger partial charge in [0, 0.05) is 0 Å². The Balaban J connectivity index is 2.51. The molecular formula is C11H23N3. The molecule has 1 saturated heterocycles. The van der Waals surface area contributed by atoms with E-state index in [-0.39, 0.29) is 6.04 Å². The third kappa shape index (κ3) is 2.71. The van der Waals surface area contributed by atoms with Gasteiger partial charge in [0.2, 0.25) is 0 Å². The van der Waals surface area contributed by atoms with E-state index in [0.717, 1.165) is 19.5 Å². The van der Waals surface area contributed by atoms with Crippen LogP contribution in [0.15, 0.2) is 0 Å². The summed E-state index contributed by atoms with van der Waals surface area (Å²) in [4.78, 5) is 2.35. The van der Waals surface area contributed by atoms with Crippen molar-refractivity contribution < 1.29 is 0 Å². The van der Waals surface area contributed by atoms with E-state index in [0.29, 0.717) is 11.3 Å². The average Bonchev–Trinajstić information content (AvgIpc) is 2.08. The van der Waals surface area contributed by atoms with Crippen molar-refractivity contribution >= 4 is 5.84 Å². The molecule has 0 amide bonds. The molecule has 1 aliphatic heterocycles. The number of piperidine rings is 1. The minimum Gasteiger partial charge on any atom is -0.386 e. The molecule has 82 valence electrons. The summed E-state index contributed by atoms with van der Waals surface area (Å²) in [6.45, 7) is 8.92. The van der Waals surface area contributed by atoms with Crippen molar-refractivity contribution in [2.45, 2.75) is 46.1 Å². The first-order valence-corrected chi connectivity index (χ1v) is 5.54. The molecule has 1 rings (SSSR count). The van der Waals surface area contributed by atoms with Crippen molar-refractivity contribution in [3.05, 3.63) is 0 Å². The van der Waals surface area contributed by atoms with Crippen LogP contribution in [0, 0.1) is 10.8 Å². The number of hydrogen-bond donors (Lipinski definition) is 2. The molecular weight excluding hydrogens is 174 g/mol. The summed E-state index contributed by atoms with van der Waals surface area (Å²) in [6.07, 6.45) is 3.39. The van der Waals surface area contributed by atoms with Crippen LogP contribution in [0.3, 0.4) is 0 Å². The van der Waals surface area contributed by atoms with Crippen molar-refractivity contribution in [3.63, 3.8) is 0 Å². The Hall–Kier alpha value is -0.570. The third-order valence-electron chi connectivity index (χ3n) is 3.34. The summed E-state index contributed by atoms with van der Waals surface area (Å²) in [5.74, 6) is 0.326. The lowest BCUT2D eigenvalue weighted by Crippen LogP contribution is -2.49. The largest absolute Gasteiger partial charge is 0.386 e. The Morgan fingerprint density at radius 2 is 1.93 bits per heavy atom. The topological polar surface area (TPSA) is 53.1 Å². The van der Waals surface area contributed by atoms with Gasteiger partial charge in [0.15, 0.2) is 0 Å². The van der Waals surface area contributed by atoms with Gasteiger partial charge in [-0.3, -0.25) is 10.3 Å². The summed E-state index contributed by atoms with van der Waals surface area (Å²) in [5, 5.41) is 7.52. The monoisotopic (exact) mass is 197 g/mol. The molecule has 0 aliphatic carbocycles. The Morgan fingerprint density at radius 1 is 1.43 bits per heavy atom. The number of nitrogens with zero attached hydrogens (tertiary/aromatic N) is 1. The van der Waals surface area contributed by atoms with Gasteiger partial charge in [0.25, 0.3) is 0 Å². The Bertz CT molecular complexity index is 201. The summed E-state index contributed by atoms with van der Waals surface area (Å²) < 4.78 is 0. The highest BCUT2D eigenvalue weighted by molar-refractivity contribution is 5.82. The molecule has 1 fully saturated rings. The summed E-state index contributed by atoms with van der Waals surface area (Å²) >= 11 is 0. The van der Waals surface area contributed by atoms with Gasteiger partial charge in [-0.25, -0.2) is 0 Å². The Morgan fingerprint density at radius 3 is 2.29 bits per heavy atom. The zero-order valence-electron chi connectivity index (χ0n) is 9.64. The van der Waals surface area contributed by atoms with E-state index in [1.165, 1.54) is 12.8 Å². The molecule has 0 aromatic carbocycles. The van der Waals surface area contributed by atoms with E-state index in [4.69, 9.17) is 11.1 Å². The fraction of sp³-hybridized carbons (Fsp3) is 0.909. The number of likely N-dealkylation sites (tertiary alicyclic amines) is 1. The second-order valence-corrected chi connectivity index (χ2v) is 5.08. The highest BCUT2D eigenvalue weighted by atomic mass is 15.2. The van der Waals surface area contributed by atoms with Gasteiger partial charge in [-0.05, 0) is 37.8 Å². The zero-order chi connectivity index (χ0) is 10.8. The smallest absolute Gasteiger partial charge is 0.108 e. The predicted octanol–water partition coefficient (Wildman–Crippen LogP) is 1.82. The third-order valence-corrected chi connectivity index (χ3v) is 3.34. The van der Waals surface area contributed by atoms with Crippen LogP contribution in [0.2, 0.25) is 0 Å². The van der Waals surface area contributed by atoms with Crippen LogP contribution in [-0.2, 0) is 0 Å². The molecule has 3 N–H and O–H groups in total. The van der Waals surface area contributed by atoms with Gasteiger partial charge in [-0.1, -0.05) is 20.8 Å². The fourth-order valence-corrected chi connectivity index (χ4v) is 2.12. The normalized spacial score (nSPS) is 24.5. The van der Waals surface area contributed by atoms with Crippen molar-refractivity contribution in [1.29, 1.82) is 5.41 Å². The molecule has 1 atom stereocenters. The van der Waals surface area contributed by atoms with Gasteiger partial charge in [0.05, 0.1) is 6.04 Å². The summed E-state index contributed by atoms with van der Waals surface area (Å²) in [7, 11) is 0. The van der Waals surface area contributed by atoms with Crippen LogP contribution in [0.5, 0.6) is 0 Å². The van der Waals surface area contributed by atoms with Crippen LogP contribution < -0.4 is 5.73 Å². The van der Waals surface area contributed by atoms with Crippen molar-refractivity contribution in [3.8, 4) is 0 Å². The molecule has 14 heavy (non-hydrogen) atoms. The van der Waals surface area contributed by atoms with Gasteiger partial charge >= 0.3 is 0 Å². The molecule has 0 radical (unpaired) electrons. The number of amidine groups is 1. The molecule has 3 nitrogen and oxygen atoms in total. The highest BCUT2D eigenvalue weighted by Crippen LogP contribution is 2.30. The molecule has 0 aromatic rings. The number of nitrogens with one attached hydrogen (secondary N) is 1. The lowest BCUT2D eigenvalue weighted by Gasteiger charge is -2.40. The van der Waals surface area contributed by atoms with Crippen LogP contribution in [0.25, 0.3) is 0 Å². The van der Waals surface area contributed by atoms with Crippen molar-refractivity contribution in [2.75, 3.05) is 13.1 Å². The minimum atomic E-state index is 0.172. The predicted molar refractivity (Wildman–Crippen MR) is 60.6 cm³/mol. The minimum absolute atomic E-state index is 0.172. The van der Waals surface area contributed by atoms with E-state index in [2.05, 4.69) is 25.7 Å². The van der Waals surface area contributed by atoms with Gasteiger partial charge < -0.3 is 5.73 Å². The molecule has 0 saturated carbocycles. The number of nitrogens with two attached hydrogens (primary N) is 1. The quantitative estimate of drug-likeness (QED) is 0.535. The van der Waals surface area contributed by atoms with E-state index in [1.54, 1.807) is 0 Å². The lowest BCUT2D eigenvalue weighted by molar-refractivity contribution is 0.114. The first-order valence-electron chi connectivity index (χ1n) is 5.54. The fourth-order valence-electron chi connectivity index (χ4n) is 2.12. The summed E-state index contributed by atoms with van der Waals surface area (Å²) in [6, 6.07) is 0.172. The lowest BCUT2D eigenvalue weighted by atomic mass is 9.82. The molecule has 0 spiro atoms. The molecule has 1 unspecified atom stereocenters. The van der Waals surface area contributed by atoms with Gasteiger partial charge in [-0.2, -0.15) is 0 Å². The highest BCUT2D eigenvalue weighted by Gasteiger charge is 2.29. The summed E-state index contributed by atoms with van der Waals surface area (Å²) in [5.41, 5.74) is 6.07. The zero-order valence-corrected chi connectivity index (χ0v) is 9.64. The second-order valence-electron chi connectivity index (χ2n) is 5.08. The molecule has 1 aliphatic rings. The standard InChI is InChI=1S/C11H23N3/c1-4-9(10(12)13)14-7-5-11(2,3)6-8-14/h9H,4-8H2,1-3H3,(H3,12,13). The number of hydrogen-bond acceptors (Lipinski definition) is 2. The maximum atomic E-state index is 7.52. The molecule has 1 heterocycles. The Labute approximate surface area is 87.2 Å². The van der Waals surface area contributed by atoms with Crippen molar-refractivity contribution in [1.82, 2.24) is 4.90 Å². The van der Waals surface area contributed by atoms with E-state index in [1.807, 2.05) is 0 Å². The average molecular weight is 197 g/mol. The SMILES string of the molecule is CCC(C(=N)N)N1CCC(C)(C)CC1. The van der Waals surface area contributed by atoms with E-state index < -0.39 is 0 Å². The van der Waals surface area contributed by atoms with E-state index in [9.17, 15) is 0 Å². The molecule has 0 aromatic heterocycles. The first-order chi connectivity index (χ1) is 6.46. The Kier molecular flexibility index (Phi) is 3.53. The maximum Gasteiger partial charge on any atom is 0.108 e. The van der Waals surface area contributed by atoms with Crippen LogP contribution >= 0.6 is 0 Å². The second kappa shape index (κ2) is 4.30. The van der Waals surface area contributed by atoms with Crippen LogP contribution in [0.4, 0.5) is 0 Å². The van der Waals surface area contributed by atoms with Gasteiger partial charge in [0.1, 0.15) is 5.84 Å². The van der Waals surface area contributed by atoms with Crippen LogP contribution in [0.1, 0.15) is 40.0 Å². The van der Waals surface area contributed by atoms with Gasteiger partial charge in [-0.15, -0.1) is 0 Å². The molecule has 3 heteroatoms. The van der Waals surface area contributed by atoms with Crippen LogP contribution in [-0.4, -0.2) is 29.9 Å². The number of rotatable bonds is 3.